The molecule has 27 heavy (non-hydrogen) atoms. The monoisotopic (exact) mass is 382 g/mol. The van der Waals surface area contributed by atoms with Crippen molar-refractivity contribution >= 4 is 28.3 Å². The minimum absolute atomic E-state index is 0.302. The lowest BCUT2D eigenvalue weighted by atomic mass is 10.1. The fourth-order valence-electron chi connectivity index (χ4n) is 2.52. The maximum atomic E-state index is 12.4. The number of amides is 1. The first-order valence-electron chi connectivity index (χ1n) is 8.12. The Morgan fingerprint density at radius 2 is 1.74 bits per heavy atom. The second-order valence-electron chi connectivity index (χ2n) is 5.76. The predicted molar refractivity (Wildman–Crippen MR) is 105 cm³/mol. The van der Waals surface area contributed by atoms with Gasteiger partial charge in [-0.1, -0.05) is 11.6 Å². The fraction of sp³-hybridized carbons (Fsp3) is 0.150. The molecular formula is C20H18N2O4S. The standard InChI is InChI=1S/C20H18N2O4S/c1-12-4-9-17(25-2)15(10-12)16-11-27-20(21-16)22-18(23)13-5-7-14(8-6-13)19(24)26-3/h4-11H,1-3H3,(H,21,22,23). The van der Waals surface area contributed by atoms with Crippen LogP contribution in [0.15, 0.2) is 47.8 Å². The van der Waals surface area contributed by atoms with Crippen molar-refractivity contribution in [1.82, 2.24) is 4.98 Å². The van der Waals surface area contributed by atoms with Crippen LogP contribution in [0.5, 0.6) is 5.75 Å². The normalized spacial score (nSPS) is 10.3. The molecule has 0 radical (unpaired) electrons. The van der Waals surface area contributed by atoms with Crippen LogP contribution in [0.3, 0.4) is 0 Å². The fourth-order valence-corrected chi connectivity index (χ4v) is 3.23. The number of nitrogens with zero attached hydrogens (tertiary/aromatic N) is 1. The second kappa shape index (κ2) is 8.01. The van der Waals surface area contributed by atoms with Crippen molar-refractivity contribution in [3.05, 3.63) is 64.5 Å². The highest BCUT2D eigenvalue weighted by molar-refractivity contribution is 7.14. The molecule has 0 bridgehead atoms. The Kier molecular flexibility index (Phi) is 5.52. The van der Waals surface area contributed by atoms with Gasteiger partial charge in [-0.3, -0.25) is 10.1 Å². The maximum Gasteiger partial charge on any atom is 0.337 e. The van der Waals surface area contributed by atoms with Crippen LogP contribution in [0.1, 0.15) is 26.3 Å². The van der Waals surface area contributed by atoms with Crippen molar-refractivity contribution in [2.75, 3.05) is 19.5 Å². The van der Waals surface area contributed by atoms with Gasteiger partial charge >= 0.3 is 5.97 Å². The van der Waals surface area contributed by atoms with E-state index in [1.54, 1.807) is 31.4 Å². The van der Waals surface area contributed by atoms with Crippen LogP contribution < -0.4 is 10.1 Å². The summed E-state index contributed by atoms with van der Waals surface area (Å²) in [6.45, 7) is 2.00. The van der Waals surface area contributed by atoms with Gasteiger partial charge in [0.2, 0.25) is 0 Å². The van der Waals surface area contributed by atoms with E-state index in [-0.39, 0.29) is 5.91 Å². The number of carbonyl (C=O) groups excluding carboxylic acids is 2. The summed E-state index contributed by atoms with van der Waals surface area (Å²) in [6.07, 6.45) is 0. The molecule has 0 saturated carbocycles. The van der Waals surface area contributed by atoms with E-state index in [0.29, 0.717) is 16.3 Å². The average Bonchev–Trinajstić information content (AvgIpc) is 3.15. The average molecular weight is 382 g/mol. The summed E-state index contributed by atoms with van der Waals surface area (Å²) in [4.78, 5) is 28.3. The molecule has 6 nitrogen and oxygen atoms in total. The number of thiazole rings is 1. The van der Waals surface area contributed by atoms with Crippen LogP contribution in [0.4, 0.5) is 5.13 Å². The first kappa shape index (κ1) is 18.6. The molecular weight excluding hydrogens is 364 g/mol. The number of ether oxygens (including phenoxy) is 2. The molecule has 7 heteroatoms. The molecule has 0 saturated heterocycles. The summed E-state index contributed by atoms with van der Waals surface area (Å²) in [6, 6.07) is 12.1. The zero-order valence-electron chi connectivity index (χ0n) is 15.1. The van der Waals surface area contributed by atoms with Gasteiger partial charge < -0.3 is 9.47 Å². The largest absolute Gasteiger partial charge is 0.496 e. The molecule has 3 aromatic rings. The lowest BCUT2D eigenvalue weighted by molar-refractivity contribution is 0.0600. The van der Waals surface area contributed by atoms with Crippen molar-refractivity contribution in [1.29, 1.82) is 0 Å². The summed E-state index contributed by atoms with van der Waals surface area (Å²) in [5.41, 5.74) is 3.51. The molecule has 2 aromatic carbocycles. The number of rotatable bonds is 5. The predicted octanol–water partition coefficient (Wildman–Crippen LogP) is 4.17. The summed E-state index contributed by atoms with van der Waals surface area (Å²) in [5, 5.41) is 5.12. The molecule has 0 spiro atoms. The van der Waals surface area contributed by atoms with E-state index in [9.17, 15) is 9.59 Å². The first-order chi connectivity index (χ1) is 13.0. The molecule has 3 rings (SSSR count). The minimum atomic E-state index is -0.446. The molecule has 0 fully saturated rings. The van der Waals surface area contributed by atoms with Gasteiger partial charge in [0.1, 0.15) is 5.75 Å². The summed E-state index contributed by atoms with van der Waals surface area (Å²) in [7, 11) is 2.92. The number of esters is 1. The molecule has 0 unspecified atom stereocenters. The van der Waals surface area contributed by atoms with E-state index in [4.69, 9.17) is 4.74 Å². The Morgan fingerprint density at radius 3 is 2.41 bits per heavy atom. The van der Waals surface area contributed by atoms with Crippen molar-refractivity contribution in [3.63, 3.8) is 0 Å². The number of benzene rings is 2. The van der Waals surface area contributed by atoms with Crippen molar-refractivity contribution < 1.29 is 19.1 Å². The molecule has 1 heterocycles. The van der Waals surface area contributed by atoms with E-state index in [1.165, 1.54) is 18.4 Å². The third kappa shape index (κ3) is 4.15. The Morgan fingerprint density at radius 1 is 1.04 bits per heavy atom. The van der Waals surface area contributed by atoms with E-state index in [1.807, 2.05) is 30.5 Å². The molecule has 1 amide bonds. The van der Waals surface area contributed by atoms with Gasteiger partial charge in [0, 0.05) is 16.5 Å². The second-order valence-corrected chi connectivity index (χ2v) is 6.62. The molecule has 0 aliphatic carbocycles. The summed E-state index contributed by atoms with van der Waals surface area (Å²) in [5.74, 6) is -0.0238. The van der Waals surface area contributed by atoms with Gasteiger partial charge in [-0.15, -0.1) is 11.3 Å². The number of hydrogen-bond donors (Lipinski definition) is 1. The number of nitrogens with one attached hydrogen (secondary N) is 1. The first-order valence-corrected chi connectivity index (χ1v) is 9.00. The van der Waals surface area contributed by atoms with Crippen LogP contribution in [0.25, 0.3) is 11.3 Å². The Hall–Kier alpha value is -3.19. The Labute approximate surface area is 160 Å². The van der Waals surface area contributed by atoms with Gasteiger partial charge in [-0.25, -0.2) is 9.78 Å². The number of aromatic nitrogens is 1. The van der Waals surface area contributed by atoms with Crippen LogP contribution >= 0.6 is 11.3 Å². The quantitative estimate of drug-likeness (QED) is 0.670. The van der Waals surface area contributed by atoms with Crippen LogP contribution in [0, 0.1) is 6.92 Å². The van der Waals surface area contributed by atoms with Crippen molar-refractivity contribution in [2.45, 2.75) is 6.92 Å². The van der Waals surface area contributed by atoms with Gasteiger partial charge in [0.15, 0.2) is 5.13 Å². The smallest absolute Gasteiger partial charge is 0.337 e. The lowest BCUT2D eigenvalue weighted by Gasteiger charge is -2.07. The maximum absolute atomic E-state index is 12.4. The molecule has 0 aliphatic rings. The highest BCUT2D eigenvalue weighted by atomic mass is 32.1. The number of methoxy groups -OCH3 is 2. The minimum Gasteiger partial charge on any atom is -0.496 e. The number of anilines is 1. The number of aryl methyl sites for hydroxylation is 1. The van der Waals surface area contributed by atoms with E-state index in [0.717, 1.165) is 22.6 Å². The van der Waals surface area contributed by atoms with Gasteiger partial charge in [0.05, 0.1) is 25.5 Å². The Bertz CT molecular complexity index is 980. The molecule has 138 valence electrons. The van der Waals surface area contributed by atoms with Crippen molar-refractivity contribution in [3.8, 4) is 17.0 Å². The van der Waals surface area contributed by atoms with E-state index >= 15 is 0 Å². The van der Waals surface area contributed by atoms with E-state index < -0.39 is 5.97 Å². The van der Waals surface area contributed by atoms with E-state index in [2.05, 4.69) is 15.0 Å². The SMILES string of the molecule is COC(=O)c1ccc(C(=O)Nc2nc(-c3cc(C)ccc3OC)cs2)cc1. The van der Waals surface area contributed by atoms with Crippen LogP contribution in [0.2, 0.25) is 0 Å². The van der Waals surface area contributed by atoms with Crippen molar-refractivity contribution in [2.24, 2.45) is 0 Å². The molecule has 1 N–H and O–H groups in total. The number of carbonyl (C=O) groups is 2. The third-order valence-electron chi connectivity index (χ3n) is 3.92. The zero-order chi connectivity index (χ0) is 19.4. The summed E-state index contributed by atoms with van der Waals surface area (Å²) >= 11 is 1.33. The molecule has 0 atom stereocenters. The molecule has 0 aliphatic heterocycles. The third-order valence-corrected chi connectivity index (χ3v) is 4.68. The zero-order valence-corrected chi connectivity index (χ0v) is 15.9. The van der Waals surface area contributed by atoms with Gasteiger partial charge in [-0.05, 0) is 43.3 Å². The highest BCUT2D eigenvalue weighted by Gasteiger charge is 2.14. The summed E-state index contributed by atoms with van der Waals surface area (Å²) < 4.78 is 10.0. The van der Waals surface area contributed by atoms with Crippen LogP contribution in [-0.4, -0.2) is 31.1 Å². The lowest BCUT2D eigenvalue weighted by Crippen LogP contribution is -2.12. The topological polar surface area (TPSA) is 77.5 Å². The van der Waals surface area contributed by atoms with Gasteiger partial charge in [0.25, 0.3) is 5.91 Å². The Balaban J connectivity index is 1.77. The highest BCUT2D eigenvalue weighted by Crippen LogP contribution is 2.33. The number of hydrogen-bond acceptors (Lipinski definition) is 6. The molecule has 1 aromatic heterocycles. The van der Waals surface area contributed by atoms with Gasteiger partial charge in [-0.2, -0.15) is 0 Å². The van der Waals surface area contributed by atoms with Crippen LogP contribution in [-0.2, 0) is 4.74 Å².